The first-order chi connectivity index (χ1) is 3.18. The second-order valence-electron chi connectivity index (χ2n) is 0.977. The summed E-state index contributed by atoms with van der Waals surface area (Å²) in [6.07, 6.45) is 0. The van der Waals surface area contributed by atoms with Crippen LogP contribution in [0.4, 0.5) is 0 Å². The lowest BCUT2D eigenvalue weighted by Gasteiger charge is -2.22. The fraction of sp³-hybridized carbons (Fsp3) is 0.500. The first-order valence-electron chi connectivity index (χ1n) is 1.68. The van der Waals surface area contributed by atoms with Crippen molar-refractivity contribution in [3.05, 3.63) is 5.21 Å². The maximum Gasteiger partial charge on any atom is 0.114 e. The van der Waals surface area contributed by atoms with Crippen LogP contribution in [0.15, 0.2) is 0 Å². The molecule has 0 atom stereocenters. The largest absolute Gasteiger partial charge is 0.742 e. The fourth-order valence-corrected chi connectivity index (χ4v) is 0.0900. The summed E-state index contributed by atoms with van der Waals surface area (Å²) in [5.41, 5.74) is 4.83. The van der Waals surface area contributed by atoms with E-state index in [0.717, 1.165) is 0 Å². The van der Waals surface area contributed by atoms with Crippen molar-refractivity contribution in [1.82, 2.24) is 5.17 Å². The molecule has 0 rings (SSSR count). The van der Waals surface area contributed by atoms with Crippen LogP contribution in [0.1, 0.15) is 0 Å². The molecule has 0 aromatic rings. The second kappa shape index (κ2) is 2.51. The Bertz CT molecular complexity index is 70.1. The van der Waals surface area contributed by atoms with Gasteiger partial charge in [-0.05, 0) is 0 Å². The standard InChI is InChI=1S/C2H7N4O/c3-1-2(4)6(5)7/h4H,1,3,5H2/q-1. The Kier molecular flexibility index (Phi) is 2.28. The van der Waals surface area contributed by atoms with Crippen molar-refractivity contribution in [3.63, 3.8) is 0 Å². The quantitative estimate of drug-likeness (QED) is 0.164. The summed E-state index contributed by atoms with van der Waals surface area (Å²) in [5.74, 6) is 4.20. The third-order valence-corrected chi connectivity index (χ3v) is 0.459. The Morgan fingerprint density at radius 1 is 1.86 bits per heavy atom. The molecular weight excluding hydrogens is 96.0 g/mol. The number of hydrogen-bond acceptors (Lipinski definition) is 4. The molecule has 7 heavy (non-hydrogen) atoms. The minimum Gasteiger partial charge on any atom is -0.742 e. The zero-order valence-corrected chi connectivity index (χ0v) is 3.72. The molecule has 0 bridgehead atoms. The molecule has 0 spiro atoms. The van der Waals surface area contributed by atoms with Crippen molar-refractivity contribution in [2.24, 2.45) is 11.6 Å². The van der Waals surface area contributed by atoms with E-state index in [9.17, 15) is 5.21 Å². The maximum atomic E-state index is 9.76. The van der Waals surface area contributed by atoms with E-state index in [0.29, 0.717) is 0 Å². The highest BCUT2D eigenvalue weighted by molar-refractivity contribution is 5.80. The Morgan fingerprint density at radius 3 is 2.29 bits per heavy atom. The van der Waals surface area contributed by atoms with Crippen molar-refractivity contribution in [3.8, 4) is 0 Å². The summed E-state index contributed by atoms with van der Waals surface area (Å²) in [6.45, 7) is -0.111. The first-order valence-corrected chi connectivity index (χ1v) is 1.68. The summed E-state index contributed by atoms with van der Waals surface area (Å²) in [7, 11) is 0. The van der Waals surface area contributed by atoms with E-state index >= 15 is 0 Å². The summed E-state index contributed by atoms with van der Waals surface area (Å²) in [5, 5.41) is 16.3. The molecule has 0 saturated heterocycles. The Hall–Kier alpha value is -0.650. The van der Waals surface area contributed by atoms with Gasteiger partial charge in [0.05, 0.1) is 6.54 Å². The van der Waals surface area contributed by atoms with Gasteiger partial charge in [0.1, 0.15) is 5.84 Å². The Labute approximate surface area is 40.9 Å². The lowest BCUT2D eigenvalue weighted by atomic mass is 10.6. The summed E-state index contributed by atoms with van der Waals surface area (Å²) in [6, 6.07) is 0. The molecular formula is C2H7N4O-. The summed E-state index contributed by atoms with van der Waals surface area (Å²) in [4.78, 5) is 0. The van der Waals surface area contributed by atoms with Gasteiger partial charge in [0.25, 0.3) is 0 Å². The van der Waals surface area contributed by atoms with Crippen LogP contribution < -0.4 is 11.6 Å². The molecule has 0 radical (unpaired) electrons. The summed E-state index contributed by atoms with van der Waals surface area (Å²) < 4.78 is 0. The van der Waals surface area contributed by atoms with Gasteiger partial charge in [0, 0.05) is 0 Å². The average molecular weight is 103 g/mol. The predicted octanol–water partition coefficient (Wildman–Crippen LogP) is -1.40. The van der Waals surface area contributed by atoms with E-state index < -0.39 is 0 Å². The number of nitrogens with zero attached hydrogens (tertiary/aromatic N) is 1. The number of hydrazine groups is 1. The second-order valence-corrected chi connectivity index (χ2v) is 0.977. The molecule has 0 aliphatic heterocycles. The van der Waals surface area contributed by atoms with Crippen molar-refractivity contribution >= 4 is 5.84 Å². The third kappa shape index (κ3) is 2.10. The molecule has 0 aromatic carbocycles. The van der Waals surface area contributed by atoms with Crippen molar-refractivity contribution in [2.45, 2.75) is 0 Å². The highest BCUT2D eigenvalue weighted by atomic mass is 16.5. The van der Waals surface area contributed by atoms with E-state index in [-0.39, 0.29) is 17.6 Å². The fourth-order valence-electron chi connectivity index (χ4n) is 0.0900. The van der Waals surface area contributed by atoms with Gasteiger partial charge < -0.3 is 16.1 Å². The molecule has 0 heterocycles. The van der Waals surface area contributed by atoms with Crippen molar-refractivity contribution < 1.29 is 0 Å². The third-order valence-electron chi connectivity index (χ3n) is 0.459. The predicted molar refractivity (Wildman–Crippen MR) is 26.2 cm³/mol. The lowest BCUT2D eigenvalue weighted by Crippen LogP contribution is -2.35. The number of hydrogen-bond donors (Lipinski definition) is 3. The minimum absolute atomic E-state index is 0.0694. The molecule has 0 saturated carbocycles. The van der Waals surface area contributed by atoms with Gasteiger partial charge in [-0.3, -0.25) is 11.3 Å². The van der Waals surface area contributed by atoms with Crippen LogP contribution >= 0.6 is 0 Å². The van der Waals surface area contributed by atoms with Crippen molar-refractivity contribution in [1.29, 1.82) is 5.41 Å². The first kappa shape index (κ1) is 6.35. The molecule has 42 valence electrons. The van der Waals surface area contributed by atoms with Gasteiger partial charge in [-0.15, -0.1) is 0 Å². The van der Waals surface area contributed by atoms with Gasteiger partial charge >= 0.3 is 0 Å². The van der Waals surface area contributed by atoms with E-state index in [1.54, 1.807) is 0 Å². The highest BCUT2D eigenvalue weighted by Crippen LogP contribution is 1.68. The minimum atomic E-state index is -0.319. The Morgan fingerprint density at radius 2 is 2.29 bits per heavy atom. The number of nitrogens with two attached hydrogens (primary N) is 2. The molecule has 5 nitrogen and oxygen atoms in total. The van der Waals surface area contributed by atoms with Crippen molar-refractivity contribution in [2.75, 3.05) is 6.54 Å². The van der Waals surface area contributed by atoms with E-state index in [1.807, 2.05) is 0 Å². The zero-order chi connectivity index (χ0) is 5.86. The number of nitrogens with one attached hydrogen (secondary N) is 1. The number of rotatable bonds is 1. The molecule has 0 unspecified atom stereocenters. The molecule has 0 fully saturated rings. The van der Waals surface area contributed by atoms with Gasteiger partial charge in [-0.1, -0.05) is 0 Å². The van der Waals surface area contributed by atoms with Crippen LogP contribution in [-0.2, 0) is 0 Å². The molecule has 5 heteroatoms. The molecule has 0 aliphatic carbocycles. The van der Waals surface area contributed by atoms with Crippen LogP contribution in [0.2, 0.25) is 0 Å². The Balaban J connectivity index is 3.35. The number of amidine groups is 1. The van der Waals surface area contributed by atoms with Crippen LogP contribution in [0.5, 0.6) is 0 Å². The molecule has 0 aliphatic rings. The van der Waals surface area contributed by atoms with Crippen LogP contribution in [0, 0.1) is 10.6 Å². The summed E-state index contributed by atoms with van der Waals surface area (Å²) >= 11 is 0. The topological polar surface area (TPSA) is 102 Å². The molecule has 0 amide bonds. The smallest absolute Gasteiger partial charge is 0.114 e. The van der Waals surface area contributed by atoms with Gasteiger partial charge in [0.15, 0.2) is 0 Å². The monoisotopic (exact) mass is 103 g/mol. The number of hydroxylamine groups is 1. The van der Waals surface area contributed by atoms with Gasteiger partial charge in [-0.2, -0.15) is 0 Å². The maximum absolute atomic E-state index is 9.76. The highest BCUT2D eigenvalue weighted by Gasteiger charge is 1.85. The van der Waals surface area contributed by atoms with Crippen LogP contribution in [0.3, 0.4) is 0 Å². The van der Waals surface area contributed by atoms with E-state index in [1.165, 1.54) is 0 Å². The van der Waals surface area contributed by atoms with E-state index in [2.05, 4.69) is 5.84 Å². The van der Waals surface area contributed by atoms with E-state index in [4.69, 9.17) is 11.1 Å². The molecule has 0 aromatic heterocycles. The van der Waals surface area contributed by atoms with Gasteiger partial charge in [0.2, 0.25) is 0 Å². The zero-order valence-electron chi connectivity index (χ0n) is 3.72. The van der Waals surface area contributed by atoms with Crippen LogP contribution in [0.25, 0.3) is 0 Å². The SMILES string of the molecule is N=C(CN)N(N)[O-]. The average Bonchev–Trinajstić information content (AvgIpc) is 1.65. The van der Waals surface area contributed by atoms with Crippen LogP contribution in [-0.4, -0.2) is 17.6 Å². The molecule has 5 N–H and O–H groups in total. The lowest BCUT2D eigenvalue weighted by molar-refractivity contribution is 0.586. The van der Waals surface area contributed by atoms with Gasteiger partial charge in [-0.25, -0.2) is 0 Å². The normalized spacial score (nSPS) is 8.43.